The Labute approximate surface area is 95.6 Å². The Morgan fingerprint density at radius 1 is 1.20 bits per heavy atom. The lowest BCUT2D eigenvalue weighted by Gasteiger charge is -2.10. The average Bonchev–Trinajstić information content (AvgIpc) is 2.82. The van der Waals surface area contributed by atoms with E-state index in [0.29, 0.717) is 5.92 Å². The van der Waals surface area contributed by atoms with Crippen LogP contribution in [0.1, 0.15) is 31.7 Å². The van der Waals surface area contributed by atoms with E-state index in [9.17, 15) is 0 Å². The van der Waals surface area contributed by atoms with Gasteiger partial charge in [-0.2, -0.15) is 11.3 Å². The highest BCUT2D eigenvalue weighted by Crippen LogP contribution is 2.26. The van der Waals surface area contributed by atoms with Crippen molar-refractivity contribution in [2.45, 2.75) is 26.2 Å². The summed E-state index contributed by atoms with van der Waals surface area (Å²) in [5.74, 6) is 0.656. The van der Waals surface area contributed by atoms with E-state index in [4.69, 9.17) is 0 Å². The van der Waals surface area contributed by atoms with Crippen molar-refractivity contribution >= 4 is 11.3 Å². The van der Waals surface area contributed by atoms with Crippen LogP contribution in [-0.4, -0.2) is 0 Å². The zero-order chi connectivity index (χ0) is 10.7. The minimum absolute atomic E-state index is 0.656. The molecule has 15 heavy (non-hydrogen) atoms. The molecule has 0 N–H and O–H groups in total. The quantitative estimate of drug-likeness (QED) is 0.682. The number of benzene rings is 1. The molecule has 0 saturated carbocycles. The maximum absolute atomic E-state index is 2.32. The Morgan fingerprint density at radius 2 is 2.07 bits per heavy atom. The fraction of sp³-hybridized carbons (Fsp3) is 0.286. The van der Waals surface area contributed by atoms with Crippen LogP contribution in [-0.2, 0) is 0 Å². The second-order valence-corrected chi connectivity index (χ2v) is 4.73. The summed E-state index contributed by atoms with van der Waals surface area (Å²) in [6.07, 6.45) is 1.20. The van der Waals surface area contributed by atoms with Gasteiger partial charge in [-0.15, -0.1) is 0 Å². The Kier molecular flexibility index (Phi) is 3.22. The summed E-state index contributed by atoms with van der Waals surface area (Å²) < 4.78 is 0. The molecule has 1 unspecified atom stereocenters. The van der Waals surface area contributed by atoms with Crippen LogP contribution < -0.4 is 0 Å². The summed E-state index contributed by atoms with van der Waals surface area (Å²) in [4.78, 5) is 0. The van der Waals surface area contributed by atoms with Crippen molar-refractivity contribution in [2.24, 2.45) is 0 Å². The highest BCUT2D eigenvalue weighted by molar-refractivity contribution is 7.08. The smallest absolute Gasteiger partial charge is 0.00147 e. The van der Waals surface area contributed by atoms with Crippen molar-refractivity contribution in [1.82, 2.24) is 0 Å². The van der Waals surface area contributed by atoms with Crippen molar-refractivity contribution in [1.29, 1.82) is 0 Å². The maximum Gasteiger partial charge on any atom is -0.00147 e. The molecule has 0 amide bonds. The summed E-state index contributed by atoms with van der Waals surface area (Å²) in [6, 6.07) is 11.1. The molecule has 1 atom stereocenters. The van der Waals surface area contributed by atoms with Gasteiger partial charge in [-0.1, -0.05) is 38.1 Å². The van der Waals surface area contributed by atoms with Crippen molar-refractivity contribution < 1.29 is 0 Å². The molecule has 0 aliphatic carbocycles. The highest BCUT2D eigenvalue weighted by atomic mass is 32.1. The standard InChI is InChI=1S/C14H16S/c1-3-11(2)12-5-4-6-13(9-12)14-7-8-15-10-14/h4-11H,3H2,1-2H3. The molecule has 1 heteroatoms. The van der Waals surface area contributed by atoms with Gasteiger partial charge >= 0.3 is 0 Å². The molecular weight excluding hydrogens is 200 g/mol. The van der Waals surface area contributed by atoms with Gasteiger partial charge in [0.1, 0.15) is 0 Å². The maximum atomic E-state index is 2.32. The summed E-state index contributed by atoms with van der Waals surface area (Å²) in [5, 5.41) is 4.33. The first kappa shape index (κ1) is 10.4. The van der Waals surface area contributed by atoms with Gasteiger partial charge in [0.05, 0.1) is 0 Å². The summed E-state index contributed by atoms with van der Waals surface area (Å²) in [7, 11) is 0. The minimum atomic E-state index is 0.656. The average molecular weight is 216 g/mol. The first-order valence-electron chi connectivity index (χ1n) is 5.43. The largest absolute Gasteiger partial charge is 0.152 e. The Morgan fingerprint density at radius 3 is 2.73 bits per heavy atom. The highest BCUT2D eigenvalue weighted by Gasteiger charge is 2.04. The molecule has 0 radical (unpaired) electrons. The van der Waals surface area contributed by atoms with Gasteiger partial charge in [-0.05, 0) is 45.9 Å². The minimum Gasteiger partial charge on any atom is -0.152 e. The summed E-state index contributed by atoms with van der Waals surface area (Å²) >= 11 is 1.75. The number of hydrogen-bond donors (Lipinski definition) is 0. The van der Waals surface area contributed by atoms with Crippen LogP contribution in [0.2, 0.25) is 0 Å². The summed E-state index contributed by atoms with van der Waals surface area (Å²) in [5.41, 5.74) is 4.13. The van der Waals surface area contributed by atoms with Gasteiger partial charge in [-0.3, -0.25) is 0 Å². The fourth-order valence-corrected chi connectivity index (χ4v) is 2.35. The van der Waals surface area contributed by atoms with E-state index in [2.05, 4.69) is 54.9 Å². The van der Waals surface area contributed by atoms with E-state index >= 15 is 0 Å². The number of hydrogen-bond acceptors (Lipinski definition) is 1. The predicted octanol–water partition coefficient (Wildman–Crippen LogP) is 4.93. The Bertz CT molecular complexity index is 415. The monoisotopic (exact) mass is 216 g/mol. The number of thiophene rings is 1. The Hall–Kier alpha value is -1.08. The molecule has 1 heterocycles. The molecule has 0 saturated heterocycles. The van der Waals surface area contributed by atoms with Crippen LogP contribution in [0, 0.1) is 0 Å². The first-order chi connectivity index (χ1) is 7.31. The third-order valence-corrected chi connectivity index (χ3v) is 3.61. The second-order valence-electron chi connectivity index (χ2n) is 3.95. The van der Waals surface area contributed by atoms with E-state index in [1.54, 1.807) is 11.3 Å². The molecule has 78 valence electrons. The Balaban J connectivity index is 2.35. The topological polar surface area (TPSA) is 0 Å². The van der Waals surface area contributed by atoms with Gasteiger partial charge < -0.3 is 0 Å². The normalized spacial score (nSPS) is 12.7. The van der Waals surface area contributed by atoms with E-state index in [0.717, 1.165) is 0 Å². The molecule has 0 fully saturated rings. The molecular formula is C14H16S. The lowest BCUT2D eigenvalue weighted by molar-refractivity contribution is 0.734. The van der Waals surface area contributed by atoms with Crippen molar-refractivity contribution in [3.63, 3.8) is 0 Å². The van der Waals surface area contributed by atoms with Gasteiger partial charge in [-0.25, -0.2) is 0 Å². The molecule has 2 rings (SSSR count). The molecule has 0 bridgehead atoms. The van der Waals surface area contributed by atoms with Crippen LogP contribution >= 0.6 is 11.3 Å². The zero-order valence-corrected chi connectivity index (χ0v) is 10.1. The molecule has 0 aliphatic rings. The van der Waals surface area contributed by atoms with Crippen molar-refractivity contribution in [3.05, 3.63) is 46.7 Å². The molecule has 1 aromatic heterocycles. The van der Waals surface area contributed by atoms with Crippen LogP contribution in [0.5, 0.6) is 0 Å². The lowest BCUT2D eigenvalue weighted by Crippen LogP contribution is -1.90. The van der Waals surface area contributed by atoms with E-state index in [1.165, 1.54) is 23.1 Å². The van der Waals surface area contributed by atoms with Gasteiger partial charge in [0, 0.05) is 0 Å². The molecule has 0 nitrogen and oxygen atoms in total. The van der Waals surface area contributed by atoms with Crippen LogP contribution in [0.3, 0.4) is 0 Å². The third-order valence-electron chi connectivity index (χ3n) is 2.92. The predicted molar refractivity (Wildman–Crippen MR) is 68.5 cm³/mol. The van der Waals surface area contributed by atoms with E-state index in [-0.39, 0.29) is 0 Å². The molecule has 0 spiro atoms. The second kappa shape index (κ2) is 4.63. The van der Waals surface area contributed by atoms with E-state index < -0.39 is 0 Å². The van der Waals surface area contributed by atoms with Gasteiger partial charge in [0.15, 0.2) is 0 Å². The number of rotatable bonds is 3. The molecule has 2 aromatic rings. The fourth-order valence-electron chi connectivity index (χ4n) is 1.69. The van der Waals surface area contributed by atoms with Gasteiger partial charge in [0.25, 0.3) is 0 Å². The molecule has 1 aromatic carbocycles. The summed E-state index contributed by atoms with van der Waals surface area (Å²) in [6.45, 7) is 4.52. The molecule has 0 aliphatic heterocycles. The van der Waals surface area contributed by atoms with Crippen LogP contribution in [0.15, 0.2) is 41.1 Å². The first-order valence-corrected chi connectivity index (χ1v) is 6.38. The van der Waals surface area contributed by atoms with Crippen molar-refractivity contribution in [2.75, 3.05) is 0 Å². The van der Waals surface area contributed by atoms with Crippen LogP contribution in [0.4, 0.5) is 0 Å². The third kappa shape index (κ3) is 2.29. The van der Waals surface area contributed by atoms with Crippen LogP contribution in [0.25, 0.3) is 11.1 Å². The lowest BCUT2D eigenvalue weighted by atomic mass is 9.95. The van der Waals surface area contributed by atoms with E-state index in [1.807, 2.05) is 0 Å². The van der Waals surface area contributed by atoms with Crippen molar-refractivity contribution in [3.8, 4) is 11.1 Å². The SMILES string of the molecule is CCC(C)c1cccc(-c2ccsc2)c1. The van der Waals surface area contributed by atoms with Gasteiger partial charge in [0.2, 0.25) is 0 Å². The zero-order valence-electron chi connectivity index (χ0n) is 9.23.